The second kappa shape index (κ2) is 5.58. The first kappa shape index (κ1) is 12.4. The van der Waals surface area contributed by atoms with Gasteiger partial charge in [0.15, 0.2) is 0 Å². The van der Waals surface area contributed by atoms with Crippen LogP contribution in [0.3, 0.4) is 0 Å². The Labute approximate surface area is 115 Å². The van der Waals surface area contributed by atoms with E-state index in [1.54, 1.807) is 0 Å². The van der Waals surface area contributed by atoms with Gasteiger partial charge in [0.25, 0.3) is 0 Å². The van der Waals surface area contributed by atoms with Gasteiger partial charge in [0.2, 0.25) is 0 Å². The molecule has 1 saturated heterocycles. The molecule has 1 aliphatic rings. The summed E-state index contributed by atoms with van der Waals surface area (Å²) in [5, 5.41) is 0. The predicted octanol–water partition coefficient (Wildman–Crippen LogP) is 4.33. The molecule has 0 aliphatic carbocycles. The molecule has 0 spiro atoms. The van der Waals surface area contributed by atoms with Gasteiger partial charge in [-0.15, -0.1) is 0 Å². The smallest absolute Gasteiger partial charge is 0.0352 e. The first-order chi connectivity index (χ1) is 9.33. The van der Waals surface area contributed by atoms with Crippen LogP contribution in [0.5, 0.6) is 0 Å². The lowest BCUT2D eigenvalue weighted by Crippen LogP contribution is -2.22. The van der Waals surface area contributed by atoms with E-state index in [0.717, 1.165) is 6.54 Å². The molecule has 0 aromatic heterocycles. The van der Waals surface area contributed by atoms with E-state index in [1.807, 2.05) is 0 Å². The minimum atomic E-state index is 0.600. The van der Waals surface area contributed by atoms with Crippen molar-refractivity contribution in [2.75, 3.05) is 6.54 Å². The summed E-state index contributed by atoms with van der Waals surface area (Å²) in [7, 11) is 0. The Morgan fingerprint density at radius 2 is 1.74 bits per heavy atom. The highest BCUT2D eigenvalue weighted by Gasteiger charge is 2.25. The van der Waals surface area contributed by atoms with Gasteiger partial charge in [-0.05, 0) is 37.4 Å². The number of likely N-dealkylation sites (tertiary alicyclic amines) is 1. The molecule has 1 heterocycles. The van der Waals surface area contributed by atoms with Crippen LogP contribution in [0.4, 0.5) is 0 Å². The average molecular weight is 251 g/mol. The highest BCUT2D eigenvalue weighted by atomic mass is 15.2. The van der Waals surface area contributed by atoms with E-state index >= 15 is 0 Å². The van der Waals surface area contributed by atoms with E-state index in [0.29, 0.717) is 6.04 Å². The number of benzene rings is 2. The minimum Gasteiger partial charge on any atom is -0.292 e. The van der Waals surface area contributed by atoms with Crippen molar-refractivity contribution in [2.45, 2.75) is 32.4 Å². The van der Waals surface area contributed by atoms with Crippen LogP contribution < -0.4 is 0 Å². The van der Waals surface area contributed by atoms with E-state index < -0.39 is 0 Å². The van der Waals surface area contributed by atoms with Crippen molar-refractivity contribution in [3.63, 3.8) is 0 Å². The van der Waals surface area contributed by atoms with Crippen molar-refractivity contribution < 1.29 is 0 Å². The Bertz CT molecular complexity index is 515. The fraction of sp³-hybridized carbons (Fsp3) is 0.333. The number of aryl methyl sites for hydroxylation is 1. The molecule has 1 fully saturated rings. The Hall–Kier alpha value is -1.60. The van der Waals surface area contributed by atoms with Crippen molar-refractivity contribution >= 4 is 0 Å². The molecule has 3 rings (SSSR count). The molecule has 0 saturated carbocycles. The van der Waals surface area contributed by atoms with Gasteiger partial charge in [-0.3, -0.25) is 4.90 Å². The van der Waals surface area contributed by atoms with Gasteiger partial charge in [0.1, 0.15) is 0 Å². The molecule has 0 radical (unpaired) electrons. The second-order valence-corrected chi connectivity index (χ2v) is 5.52. The van der Waals surface area contributed by atoms with Gasteiger partial charge in [-0.2, -0.15) is 0 Å². The lowest BCUT2D eigenvalue weighted by atomic mass is 10.0. The summed E-state index contributed by atoms with van der Waals surface area (Å²) in [6, 6.07) is 20.5. The van der Waals surface area contributed by atoms with E-state index in [2.05, 4.69) is 66.4 Å². The van der Waals surface area contributed by atoms with E-state index in [4.69, 9.17) is 0 Å². The Balaban J connectivity index is 1.75. The zero-order chi connectivity index (χ0) is 13.1. The zero-order valence-corrected chi connectivity index (χ0v) is 11.5. The largest absolute Gasteiger partial charge is 0.292 e. The topological polar surface area (TPSA) is 3.24 Å². The summed E-state index contributed by atoms with van der Waals surface area (Å²) in [5.74, 6) is 0. The van der Waals surface area contributed by atoms with Crippen molar-refractivity contribution in [1.82, 2.24) is 4.90 Å². The third-order valence-electron chi connectivity index (χ3n) is 4.05. The fourth-order valence-corrected chi connectivity index (χ4v) is 3.00. The van der Waals surface area contributed by atoms with Crippen molar-refractivity contribution in [1.29, 1.82) is 0 Å². The number of hydrogen-bond donors (Lipinski definition) is 0. The van der Waals surface area contributed by atoms with Gasteiger partial charge >= 0.3 is 0 Å². The van der Waals surface area contributed by atoms with Gasteiger partial charge in [-0.25, -0.2) is 0 Å². The van der Waals surface area contributed by atoms with E-state index in [-0.39, 0.29) is 0 Å². The normalized spacial score (nSPS) is 19.7. The van der Waals surface area contributed by atoms with Gasteiger partial charge in [0, 0.05) is 12.6 Å². The van der Waals surface area contributed by atoms with Crippen LogP contribution in [0.15, 0.2) is 54.6 Å². The summed E-state index contributed by atoms with van der Waals surface area (Å²) < 4.78 is 0. The Morgan fingerprint density at radius 1 is 1.00 bits per heavy atom. The van der Waals surface area contributed by atoms with Gasteiger partial charge < -0.3 is 0 Å². The van der Waals surface area contributed by atoms with E-state index in [1.165, 1.54) is 36.1 Å². The van der Waals surface area contributed by atoms with Gasteiger partial charge in [-0.1, -0.05) is 60.2 Å². The van der Waals surface area contributed by atoms with Crippen LogP contribution in [-0.2, 0) is 6.54 Å². The molecule has 0 amide bonds. The fourth-order valence-electron chi connectivity index (χ4n) is 3.00. The van der Waals surface area contributed by atoms with Crippen LogP contribution in [0.25, 0.3) is 0 Å². The summed E-state index contributed by atoms with van der Waals surface area (Å²) >= 11 is 0. The average Bonchev–Trinajstić information content (AvgIpc) is 2.90. The maximum Gasteiger partial charge on any atom is 0.0352 e. The van der Waals surface area contributed by atoms with Crippen LogP contribution in [0, 0.1) is 6.92 Å². The third-order valence-corrected chi connectivity index (χ3v) is 4.05. The van der Waals surface area contributed by atoms with Crippen LogP contribution in [0.2, 0.25) is 0 Å². The summed E-state index contributed by atoms with van der Waals surface area (Å²) in [4.78, 5) is 2.61. The first-order valence-corrected chi connectivity index (χ1v) is 7.17. The molecule has 1 aliphatic heterocycles. The maximum atomic E-state index is 2.61. The van der Waals surface area contributed by atoms with Crippen LogP contribution in [0.1, 0.15) is 35.6 Å². The third kappa shape index (κ3) is 2.87. The molecule has 2 aromatic rings. The lowest BCUT2D eigenvalue weighted by molar-refractivity contribution is 0.248. The molecule has 19 heavy (non-hydrogen) atoms. The second-order valence-electron chi connectivity index (χ2n) is 5.52. The number of nitrogens with zero attached hydrogens (tertiary/aromatic N) is 1. The lowest BCUT2D eigenvalue weighted by Gasteiger charge is -2.25. The molecule has 0 bridgehead atoms. The highest BCUT2D eigenvalue weighted by molar-refractivity contribution is 5.23. The van der Waals surface area contributed by atoms with Crippen molar-refractivity contribution in [2.24, 2.45) is 0 Å². The molecule has 1 unspecified atom stereocenters. The first-order valence-electron chi connectivity index (χ1n) is 7.17. The summed E-state index contributed by atoms with van der Waals surface area (Å²) in [6.07, 6.45) is 2.60. The molecule has 1 atom stereocenters. The monoisotopic (exact) mass is 251 g/mol. The Morgan fingerprint density at radius 3 is 2.47 bits per heavy atom. The Kier molecular flexibility index (Phi) is 3.65. The molecule has 1 heteroatoms. The molecule has 2 aromatic carbocycles. The van der Waals surface area contributed by atoms with Crippen LogP contribution >= 0.6 is 0 Å². The summed E-state index contributed by atoms with van der Waals surface area (Å²) in [5.41, 5.74) is 4.23. The maximum absolute atomic E-state index is 2.61. The van der Waals surface area contributed by atoms with E-state index in [9.17, 15) is 0 Å². The summed E-state index contributed by atoms with van der Waals surface area (Å²) in [6.45, 7) is 4.43. The molecule has 1 nitrogen and oxygen atoms in total. The SMILES string of the molecule is Cc1ccc(CN2CCCC2c2ccccc2)cc1. The standard InChI is InChI=1S/C18H21N/c1-15-9-11-16(12-10-15)14-19-13-5-8-18(19)17-6-3-2-4-7-17/h2-4,6-7,9-12,18H,5,8,13-14H2,1H3. The van der Waals surface area contributed by atoms with Crippen LogP contribution in [-0.4, -0.2) is 11.4 Å². The van der Waals surface area contributed by atoms with Crippen molar-refractivity contribution in [3.8, 4) is 0 Å². The minimum absolute atomic E-state index is 0.600. The highest BCUT2D eigenvalue weighted by Crippen LogP contribution is 2.32. The molecule has 0 N–H and O–H groups in total. The number of hydrogen-bond acceptors (Lipinski definition) is 1. The van der Waals surface area contributed by atoms with Gasteiger partial charge in [0.05, 0.1) is 0 Å². The molecular formula is C18H21N. The molecule has 98 valence electrons. The number of rotatable bonds is 3. The predicted molar refractivity (Wildman–Crippen MR) is 80.0 cm³/mol. The zero-order valence-electron chi connectivity index (χ0n) is 11.5. The molecular weight excluding hydrogens is 230 g/mol. The van der Waals surface area contributed by atoms with Crippen molar-refractivity contribution in [3.05, 3.63) is 71.3 Å². The quantitative estimate of drug-likeness (QED) is 0.784.